The summed E-state index contributed by atoms with van der Waals surface area (Å²) >= 11 is 4.75. The first-order chi connectivity index (χ1) is 9.19. The minimum Gasteiger partial charge on any atom is -0.497 e. The highest BCUT2D eigenvalue weighted by molar-refractivity contribution is 9.11. The van der Waals surface area contributed by atoms with Crippen LogP contribution in [-0.4, -0.2) is 12.9 Å². The summed E-state index contributed by atoms with van der Waals surface area (Å²) < 4.78 is 6.02. The lowest BCUT2D eigenvalue weighted by Crippen LogP contribution is -1.93. The summed E-state index contributed by atoms with van der Waals surface area (Å²) in [5, 5.41) is 3.04. The summed E-state index contributed by atoms with van der Waals surface area (Å²) in [6.45, 7) is 0. The number of thiophene rings is 1. The second-order valence-electron chi connectivity index (χ2n) is 3.67. The predicted molar refractivity (Wildman–Crippen MR) is 82.1 cm³/mol. The van der Waals surface area contributed by atoms with Crippen molar-refractivity contribution >= 4 is 38.7 Å². The molecular weight excluding hydrogens is 326 g/mol. The van der Waals surface area contributed by atoms with Crippen molar-refractivity contribution in [3.05, 3.63) is 57.3 Å². The normalized spacial score (nSPS) is 10.6. The van der Waals surface area contributed by atoms with E-state index in [2.05, 4.69) is 21.2 Å². The molecule has 1 N–H and O–H groups in total. The highest BCUT2D eigenvalue weighted by Gasteiger charge is 2.04. The lowest BCUT2D eigenvalue weighted by atomic mass is 10.3. The Morgan fingerprint density at radius 3 is 2.58 bits per heavy atom. The molecule has 0 bridgehead atoms. The van der Waals surface area contributed by atoms with Crippen molar-refractivity contribution in [2.24, 2.45) is 0 Å². The van der Waals surface area contributed by atoms with Crippen LogP contribution in [0.4, 0.5) is 5.69 Å². The molecule has 2 rings (SSSR count). The molecule has 1 aromatic heterocycles. The van der Waals surface area contributed by atoms with Gasteiger partial charge in [-0.2, -0.15) is 0 Å². The minimum absolute atomic E-state index is 0.0169. The molecule has 2 aromatic rings. The molecule has 19 heavy (non-hydrogen) atoms. The first-order valence-electron chi connectivity index (χ1n) is 5.56. The van der Waals surface area contributed by atoms with E-state index in [9.17, 15) is 4.79 Å². The third-order valence-electron chi connectivity index (χ3n) is 2.39. The van der Waals surface area contributed by atoms with Gasteiger partial charge in [-0.15, -0.1) is 11.3 Å². The zero-order valence-corrected chi connectivity index (χ0v) is 12.6. The maximum absolute atomic E-state index is 11.8. The highest BCUT2D eigenvalue weighted by atomic mass is 79.9. The lowest BCUT2D eigenvalue weighted by molar-refractivity contribution is 0.105. The Morgan fingerprint density at radius 1 is 1.26 bits per heavy atom. The molecule has 0 amide bonds. The molecule has 3 nitrogen and oxygen atoms in total. The molecular formula is C14H12BrNO2S. The molecule has 0 saturated heterocycles. The fraction of sp³-hybridized carbons (Fsp3) is 0.0714. The molecule has 0 aliphatic carbocycles. The van der Waals surface area contributed by atoms with Crippen molar-refractivity contribution in [3.8, 4) is 5.75 Å². The number of hydrogen-bond acceptors (Lipinski definition) is 4. The average molecular weight is 338 g/mol. The van der Waals surface area contributed by atoms with Crippen LogP contribution in [0, 0.1) is 0 Å². The van der Waals surface area contributed by atoms with E-state index in [4.69, 9.17) is 4.74 Å². The largest absolute Gasteiger partial charge is 0.497 e. The van der Waals surface area contributed by atoms with E-state index in [1.807, 2.05) is 30.3 Å². The standard InChI is InChI=1S/C14H12BrNO2S/c1-18-11-4-2-10(3-5-11)16-9-8-12(17)13-6-7-14(15)19-13/h2-9,16H,1H3/b9-8-. The van der Waals surface area contributed by atoms with Crippen LogP contribution in [0.1, 0.15) is 9.67 Å². The molecule has 0 atom stereocenters. The minimum atomic E-state index is -0.0169. The number of carbonyl (C=O) groups is 1. The number of hydrogen-bond donors (Lipinski definition) is 1. The summed E-state index contributed by atoms with van der Waals surface area (Å²) in [5.41, 5.74) is 0.900. The van der Waals surface area contributed by atoms with Crippen LogP contribution in [-0.2, 0) is 0 Å². The number of ether oxygens (including phenoxy) is 1. The fourth-order valence-electron chi connectivity index (χ4n) is 1.43. The second kappa shape index (κ2) is 6.54. The van der Waals surface area contributed by atoms with Gasteiger partial charge in [0.15, 0.2) is 5.78 Å². The van der Waals surface area contributed by atoms with E-state index < -0.39 is 0 Å². The van der Waals surface area contributed by atoms with Gasteiger partial charge in [0.2, 0.25) is 0 Å². The van der Waals surface area contributed by atoms with E-state index >= 15 is 0 Å². The Balaban J connectivity index is 1.94. The van der Waals surface area contributed by atoms with Gasteiger partial charge in [0, 0.05) is 18.0 Å². The van der Waals surface area contributed by atoms with Crippen LogP contribution >= 0.6 is 27.3 Å². The molecule has 0 fully saturated rings. The van der Waals surface area contributed by atoms with Gasteiger partial charge < -0.3 is 10.1 Å². The topological polar surface area (TPSA) is 38.3 Å². The SMILES string of the molecule is COc1ccc(N/C=C\C(=O)c2ccc(Br)s2)cc1. The average Bonchev–Trinajstić information content (AvgIpc) is 2.86. The van der Waals surface area contributed by atoms with Crippen LogP contribution < -0.4 is 10.1 Å². The molecule has 98 valence electrons. The molecule has 1 aromatic carbocycles. The lowest BCUT2D eigenvalue weighted by Gasteiger charge is -2.02. The van der Waals surface area contributed by atoms with Crippen LogP contribution in [0.3, 0.4) is 0 Å². The van der Waals surface area contributed by atoms with Gasteiger partial charge in [0.25, 0.3) is 0 Å². The summed E-state index contributed by atoms with van der Waals surface area (Å²) in [6, 6.07) is 11.1. The maximum Gasteiger partial charge on any atom is 0.197 e. The smallest absolute Gasteiger partial charge is 0.197 e. The summed E-state index contributed by atoms with van der Waals surface area (Å²) in [6.07, 6.45) is 3.15. The van der Waals surface area contributed by atoms with Crippen LogP contribution in [0.5, 0.6) is 5.75 Å². The number of nitrogens with one attached hydrogen (secondary N) is 1. The Morgan fingerprint density at radius 2 is 2.00 bits per heavy atom. The number of anilines is 1. The monoisotopic (exact) mass is 337 g/mol. The van der Waals surface area contributed by atoms with Gasteiger partial charge in [-0.1, -0.05) is 0 Å². The zero-order chi connectivity index (χ0) is 13.7. The Hall–Kier alpha value is -1.59. The number of benzene rings is 1. The second-order valence-corrected chi connectivity index (χ2v) is 6.14. The molecule has 5 heteroatoms. The van der Waals surface area contributed by atoms with E-state index in [1.165, 1.54) is 17.4 Å². The third kappa shape index (κ3) is 3.94. The maximum atomic E-state index is 11.8. The van der Waals surface area contributed by atoms with Crippen molar-refractivity contribution in [2.45, 2.75) is 0 Å². The van der Waals surface area contributed by atoms with Gasteiger partial charge in [-0.25, -0.2) is 0 Å². The summed E-state index contributed by atoms with van der Waals surface area (Å²) in [5.74, 6) is 0.783. The predicted octanol–water partition coefficient (Wildman–Crippen LogP) is 4.33. The molecule has 0 aliphatic rings. The molecule has 0 aliphatic heterocycles. The summed E-state index contributed by atoms with van der Waals surface area (Å²) in [4.78, 5) is 12.5. The number of ketones is 1. The highest BCUT2D eigenvalue weighted by Crippen LogP contribution is 2.22. The van der Waals surface area contributed by atoms with Crippen LogP contribution in [0.25, 0.3) is 0 Å². The van der Waals surface area contributed by atoms with E-state index in [0.717, 1.165) is 15.2 Å². The first kappa shape index (κ1) is 13.8. The van der Waals surface area contributed by atoms with Crippen LogP contribution in [0.15, 0.2) is 52.5 Å². The fourth-order valence-corrected chi connectivity index (χ4v) is 2.74. The van der Waals surface area contributed by atoms with Crippen molar-refractivity contribution in [2.75, 3.05) is 12.4 Å². The first-order valence-corrected chi connectivity index (χ1v) is 7.17. The number of halogens is 1. The third-order valence-corrected chi connectivity index (χ3v) is 4.03. The quantitative estimate of drug-likeness (QED) is 0.651. The van der Waals surface area contributed by atoms with Crippen molar-refractivity contribution in [1.82, 2.24) is 0 Å². The Labute approximate surface area is 124 Å². The van der Waals surface area contributed by atoms with E-state index in [0.29, 0.717) is 4.88 Å². The van der Waals surface area contributed by atoms with Gasteiger partial charge in [0.05, 0.1) is 15.8 Å². The van der Waals surface area contributed by atoms with Crippen LogP contribution in [0.2, 0.25) is 0 Å². The number of methoxy groups -OCH3 is 1. The van der Waals surface area contributed by atoms with Gasteiger partial charge >= 0.3 is 0 Å². The van der Waals surface area contributed by atoms with E-state index in [1.54, 1.807) is 19.4 Å². The van der Waals surface area contributed by atoms with Gasteiger partial charge in [0.1, 0.15) is 5.75 Å². The van der Waals surface area contributed by atoms with Crippen molar-refractivity contribution in [1.29, 1.82) is 0 Å². The van der Waals surface area contributed by atoms with E-state index in [-0.39, 0.29) is 5.78 Å². The number of rotatable bonds is 5. The van der Waals surface area contributed by atoms with Gasteiger partial charge in [-0.05, 0) is 52.3 Å². The molecule has 0 spiro atoms. The Bertz CT molecular complexity index is 590. The summed E-state index contributed by atoms with van der Waals surface area (Å²) in [7, 11) is 1.63. The van der Waals surface area contributed by atoms with Gasteiger partial charge in [-0.3, -0.25) is 4.79 Å². The molecule has 0 radical (unpaired) electrons. The van der Waals surface area contributed by atoms with Crippen molar-refractivity contribution in [3.63, 3.8) is 0 Å². The molecule has 0 unspecified atom stereocenters. The van der Waals surface area contributed by atoms with Crippen molar-refractivity contribution < 1.29 is 9.53 Å². The molecule has 0 saturated carbocycles. The number of carbonyl (C=O) groups excluding carboxylic acids is 1. The Kier molecular flexibility index (Phi) is 4.76. The molecule has 1 heterocycles. The number of allylic oxidation sites excluding steroid dienone is 1. The zero-order valence-electron chi connectivity index (χ0n) is 10.2.